The van der Waals surface area contributed by atoms with Gasteiger partial charge in [0.2, 0.25) is 0 Å². The van der Waals surface area contributed by atoms with Crippen molar-refractivity contribution in [3.05, 3.63) is 35.9 Å². The molecule has 0 bridgehead atoms. The number of hydrogen-bond donors (Lipinski definition) is 0. The highest BCUT2D eigenvalue weighted by atomic mass is 16.5. The van der Waals surface area contributed by atoms with Crippen molar-refractivity contribution < 1.29 is 14.3 Å². The molecule has 2 rings (SSSR count). The Morgan fingerprint density at radius 2 is 2.00 bits per heavy atom. The molecular weight excluding hydrogens is 264 g/mol. The van der Waals surface area contributed by atoms with E-state index < -0.39 is 5.92 Å². The van der Waals surface area contributed by atoms with Crippen molar-refractivity contribution in [1.82, 2.24) is 0 Å². The highest BCUT2D eigenvalue weighted by Gasteiger charge is 2.26. The second-order valence-corrected chi connectivity index (χ2v) is 5.50. The lowest BCUT2D eigenvalue weighted by Gasteiger charge is -2.19. The zero-order chi connectivity index (χ0) is 15.2. The number of Topliss-reactive ketones (excluding diaryl/α,β-unsaturated/α-hetero) is 1. The molecule has 0 N–H and O–H groups in total. The molecule has 0 aromatic heterocycles. The van der Waals surface area contributed by atoms with Crippen LogP contribution in [0.4, 0.5) is 0 Å². The Kier molecular flexibility index (Phi) is 5.32. The van der Waals surface area contributed by atoms with Crippen molar-refractivity contribution in [1.29, 1.82) is 0 Å². The molecule has 0 saturated carbocycles. The van der Waals surface area contributed by atoms with E-state index in [4.69, 9.17) is 4.74 Å². The molecule has 1 unspecified atom stereocenters. The van der Waals surface area contributed by atoms with Crippen LogP contribution in [0.3, 0.4) is 0 Å². The van der Waals surface area contributed by atoms with Crippen LogP contribution in [-0.4, -0.2) is 18.2 Å². The molecular formula is C18H22O3. The Labute approximate surface area is 126 Å². The molecule has 112 valence electrons. The fraction of sp³-hybridized carbons (Fsp3) is 0.444. The molecule has 1 aliphatic carbocycles. The maximum absolute atomic E-state index is 11.9. The standard InChI is InChI=1S/C18H22O3/c1-3-4-11-21-16-8-5-14(6-9-16)15-7-10-17(13(2)19)18(20)12-15/h5-6,8-9,12,17H,3-4,7,10-11H2,1-2H3. The number of rotatable bonds is 6. The van der Waals surface area contributed by atoms with Crippen LogP contribution in [0.15, 0.2) is 30.3 Å². The quantitative estimate of drug-likeness (QED) is 0.590. The first-order chi connectivity index (χ1) is 10.1. The molecule has 0 amide bonds. The van der Waals surface area contributed by atoms with Gasteiger partial charge in [-0.2, -0.15) is 0 Å². The Morgan fingerprint density at radius 1 is 1.29 bits per heavy atom. The molecule has 3 heteroatoms. The highest BCUT2D eigenvalue weighted by molar-refractivity contribution is 6.10. The Balaban J connectivity index is 2.04. The number of allylic oxidation sites excluding steroid dienone is 2. The minimum atomic E-state index is -0.439. The third-order valence-corrected chi connectivity index (χ3v) is 3.84. The number of carbonyl (C=O) groups is 2. The van der Waals surface area contributed by atoms with Gasteiger partial charge in [0, 0.05) is 0 Å². The third kappa shape index (κ3) is 4.03. The lowest BCUT2D eigenvalue weighted by Crippen LogP contribution is -2.23. The van der Waals surface area contributed by atoms with E-state index in [1.165, 1.54) is 6.92 Å². The topological polar surface area (TPSA) is 43.4 Å². The predicted octanol–water partition coefficient (Wildman–Crippen LogP) is 3.82. The average molecular weight is 286 g/mol. The molecule has 1 aromatic carbocycles. The summed E-state index contributed by atoms with van der Waals surface area (Å²) in [6.45, 7) is 4.36. The van der Waals surface area contributed by atoms with Crippen LogP contribution in [-0.2, 0) is 9.59 Å². The minimum Gasteiger partial charge on any atom is -0.494 e. The number of unbranched alkanes of at least 4 members (excludes halogenated alkanes) is 1. The van der Waals surface area contributed by atoms with E-state index in [1.807, 2.05) is 24.3 Å². The van der Waals surface area contributed by atoms with Crippen LogP contribution in [0.5, 0.6) is 5.75 Å². The zero-order valence-corrected chi connectivity index (χ0v) is 12.7. The lowest BCUT2D eigenvalue weighted by atomic mass is 9.84. The SMILES string of the molecule is CCCCOc1ccc(C2=CC(=O)C(C(C)=O)CC2)cc1. The number of ketones is 2. The molecule has 0 spiro atoms. The number of hydrogen-bond acceptors (Lipinski definition) is 3. The van der Waals surface area contributed by atoms with E-state index in [-0.39, 0.29) is 11.6 Å². The molecule has 1 aromatic rings. The van der Waals surface area contributed by atoms with Crippen LogP contribution in [0.25, 0.3) is 5.57 Å². The summed E-state index contributed by atoms with van der Waals surface area (Å²) >= 11 is 0. The summed E-state index contributed by atoms with van der Waals surface area (Å²) in [6, 6.07) is 7.84. The molecule has 0 fully saturated rings. The summed E-state index contributed by atoms with van der Waals surface area (Å²) in [7, 11) is 0. The van der Waals surface area contributed by atoms with Crippen LogP contribution in [0.2, 0.25) is 0 Å². The minimum absolute atomic E-state index is 0.0324. The smallest absolute Gasteiger partial charge is 0.166 e. The fourth-order valence-electron chi connectivity index (χ4n) is 2.52. The number of ether oxygens (including phenoxy) is 1. The van der Waals surface area contributed by atoms with Crippen LogP contribution >= 0.6 is 0 Å². The van der Waals surface area contributed by atoms with Gasteiger partial charge >= 0.3 is 0 Å². The first-order valence-corrected chi connectivity index (χ1v) is 7.60. The van der Waals surface area contributed by atoms with Crippen molar-refractivity contribution in [2.45, 2.75) is 39.5 Å². The van der Waals surface area contributed by atoms with E-state index in [0.29, 0.717) is 6.42 Å². The van der Waals surface area contributed by atoms with Gasteiger partial charge in [-0.05, 0) is 55.5 Å². The predicted molar refractivity (Wildman–Crippen MR) is 83.2 cm³/mol. The van der Waals surface area contributed by atoms with Crippen molar-refractivity contribution in [2.75, 3.05) is 6.61 Å². The van der Waals surface area contributed by atoms with Gasteiger partial charge < -0.3 is 4.74 Å². The molecule has 0 radical (unpaired) electrons. The normalized spacial score (nSPS) is 18.3. The first kappa shape index (κ1) is 15.5. The Morgan fingerprint density at radius 3 is 2.57 bits per heavy atom. The fourth-order valence-corrected chi connectivity index (χ4v) is 2.52. The summed E-state index contributed by atoms with van der Waals surface area (Å²) < 4.78 is 5.63. The summed E-state index contributed by atoms with van der Waals surface area (Å²) in [4.78, 5) is 23.3. The molecule has 0 saturated heterocycles. The number of carbonyl (C=O) groups excluding carboxylic acids is 2. The average Bonchev–Trinajstić information content (AvgIpc) is 2.48. The third-order valence-electron chi connectivity index (χ3n) is 3.84. The van der Waals surface area contributed by atoms with Gasteiger partial charge in [-0.3, -0.25) is 9.59 Å². The molecule has 1 aliphatic rings. The van der Waals surface area contributed by atoms with Gasteiger partial charge in [0.1, 0.15) is 11.5 Å². The van der Waals surface area contributed by atoms with E-state index in [9.17, 15) is 9.59 Å². The van der Waals surface area contributed by atoms with Crippen molar-refractivity contribution in [2.24, 2.45) is 5.92 Å². The molecule has 0 heterocycles. The highest BCUT2D eigenvalue weighted by Crippen LogP contribution is 2.29. The van der Waals surface area contributed by atoms with Gasteiger partial charge in [-0.25, -0.2) is 0 Å². The van der Waals surface area contributed by atoms with Crippen LogP contribution in [0.1, 0.15) is 45.1 Å². The van der Waals surface area contributed by atoms with Crippen molar-refractivity contribution >= 4 is 17.1 Å². The number of benzene rings is 1. The Bertz CT molecular complexity index is 540. The van der Waals surface area contributed by atoms with E-state index in [0.717, 1.165) is 42.8 Å². The van der Waals surface area contributed by atoms with Crippen molar-refractivity contribution in [3.63, 3.8) is 0 Å². The summed E-state index contributed by atoms with van der Waals surface area (Å²) in [5, 5.41) is 0. The van der Waals surface area contributed by atoms with E-state index in [1.54, 1.807) is 6.08 Å². The summed E-state index contributed by atoms with van der Waals surface area (Å²) in [5.41, 5.74) is 2.05. The summed E-state index contributed by atoms with van der Waals surface area (Å²) in [6.07, 6.45) is 5.18. The zero-order valence-electron chi connectivity index (χ0n) is 12.7. The van der Waals surface area contributed by atoms with Gasteiger partial charge in [0.15, 0.2) is 5.78 Å². The second-order valence-electron chi connectivity index (χ2n) is 5.50. The monoisotopic (exact) mass is 286 g/mol. The van der Waals surface area contributed by atoms with Gasteiger partial charge in [-0.15, -0.1) is 0 Å². The van der Waals surface area contributed by atoms with Gasteiger partial charge in [0.05, 0.1) is 12.5 Å². The van der Waals surface area contributed by atoms with Crippen LogP contribution in [0, 0.1) is 5.92 Å². The lowest BCUT2D eigenvalue weighted by molar-refractivity contribution is -0.129. The van der Waals surface area contributed by atoms with Gasteiger partial charge in [-0.1, -0.05) is 25.5 Å². The van der Waals surface area contributed by atoms with E-state index in [2.05, 4.69) is 6.92 Å². The first-order valence-electron chi connectivity index (χ1n) is 7.60. The molecule has 0 aliphatic heterocycles. The van der Waals surface area contributed by atoms with Gasteiger partial charge in [0.25, 0.3) is 0 Å². The largest absolute Gasteiger partial charge is 0.494 e. The second kappa shape index (κ2) is 7.21. The maximum atomic E-state index is 11.9. The maximum Gasteiger partial charge on any atom is 0.166 e. The molecule has 1 atom stereocenters. The summed E-state index contributed by atoms with van der Waals surface area (Å²) in [5.74, 6) is 0.323. The Hall–Kier alpha value is -1.90. The molecule has 21 heavy (non-hydrogen) atoms. The van der Waals surface area contributed by atoms with E-state index >= 15 is 0 Å². The molecule has 3 nitrogen and oxygen atoms in total. The van der Waals surface area contributed by atoms with Crippen molar-refractivity contribution in [3.8, 4) is 5.75 Å². The van der Waals surface area contributed by atoms with Crippen LogP contribution < -0.4 is 4.74 Å².